The summed E-state index contributed by atoms with van der Waals surface area (Å²) in [6.07, 6.45) is -0.223. The molecule has 1 amide bonds. The van der Waals surface area contributed by atoms with Crippen LogP contribution in [0.4, 0.5) is 9.18 Å². The molecule has 0 aromatic heterocycles. The molecule has 0 unspecified atom stereocenters. The van der Waals surface area contributed by atoms with Crippen molar-refractivity contribution in [3.8, 4) is 0 Å². The molecule has 0 radical (unpaired) electrons. The number of esters is 1. The van der Waals surface area contributed by atoms with Gasteiger partial charge >= 0.3 is 12.1 Å². The van der Waals surface area contributed by atoms with Crippen LogP contribution in [0.3, 0.4) is 0 Å². The Hall–Kier alpha value is -2.11. The SMILES string of the molecule is Cc1cc(C(=O)O[C@H]2CCN(C(=O)OC(C)(C)C)C2)ccc1F. The second-order valence-corrected chi connectivity index (χ2v) is 6.71. The topological polar surface area (TPSA) is 55.8 Å². The lowest BCUT2D eigenvalue weighted by Gasteiger charge is -2.24. The fraction of sp³-hybridized carbons (Fsp3) is 0.529. The number of carbonyl (C=O) groups is 2. The monoisotopic (exact) mass is 323 g/mol. The fourth-order valence-corrected chi connectivity index (χ4v) is 2.31. The Morgan fingerprint density at radius 3 is 2.61 bits per heavy atom. The molecule has 6 heteroatoms. The van der Waals surface area contributed by atoms with Gasteiger partial charge in [0.05, 0.1) is 12.1 Å². The number of ether oxygens (including phenoxy) is 2. The number of benzene rings is 1. The number of amides is 1. The molecule has 1 aromatic rings. The van der Waals surface area contributed by atoms with E-state index in [2.05, 4.69) is 0 Å². The third kappa shape index (κ3) is 4.68. The average molecular weight is 323 g/mol. The molecule has 0 saturated carbocycles. The zero-order valence-corrected chi connectivity index (χ0v) is 13.9. The van der Waals surface area contributed by atoms with Gasteiger partial charge in [0.1, 0.15) is 17.5 Å². The molecule has 126 valence electrons. The van der Waals surface area contributed by atoms with Gasteiger partial charge in [-0.3, -0.25) is 0 Å². The Kier molecular flexibility index (Phi) is 4.92. The van der Waals surface area contributed by atoms with E-state index in [4.69, 9.17) is 9.47 Å². The van der Waals surface area contributed by atoms with Crippen LogP contribution in [0.2, 0.25) is 0 Å². The number of halogens is 1. The summed E-state index contributed by atoms with van der Waals surface area (Å²) in [5.74, 6) is -0.873. The molecule has 0 aliphatic carbocycles. The molecule has 0 N–H and O–H groups in total. The molecule has 23 heavy (non-hydrogen) atoms. The minimum absolute atomic E-state index is 0.305. The maximum Gasteiger partial charge on any atom is 0.410 e. The van der Waals surface area contributed by atoms with Gasteiger partial charge in [0, 0.05) is 13.0 Å². The van der Waals surface area contributed by atoms with Gasteiger partial charge in [-0.1, -0.05) is 0 Å². The summed E-state index contributed by atoms with van der Waals surface area (Å²) in [5.41, 5.74) is 0.137. The predicted molar refractivity (Wildman–Crippen MR) is 82.8 cm³/mol. The van der Waals surface area contributed by atoms with E-state index < -0.39 is 17.7 Å². The lowest BCUT2D eigenvalue weighted by atomic mass is 10.1. The van der Waals surface area contributed by atoms with Crippen molar-refractivity contribution < 1.29 is 23.5 Å². The highest BCUT2D eigenvalue weighted by atomic mass is 19.1. The molecule has 1 atom stereocenters. The minimum Gasteiger partial charge on any atom is -0.457 e. The standard InChI is InChI=1S/C17H22FNO4/c1-11-9-12(5-6-14(11)18)15(20)22-13-7-8-19(10-13)16(21)23-17(2,3)4/h5-6,9,13H,7-8,10H2,1-4H3/t13-/m0/s1. The van der Waals surface area contributed by atoms with Crippen molar-refractivity contribution in [3.05, 3.63) is 35.1 Å². The Bertz CT molecular complexity index is 609. The number of carbonyl (C=O) groups excluding carboxylic acids is 2. The molecule has 1 aliphatic rings. The van der Waals surface area contributed by atoms with E-state index in [1.54, 1.807) is 27.7 Å². The smallest absolute Gasteiger partial charge is 0.410 e. The van der Waals surface area contributed by atoms with Crippen molar-refractivity contribution in [1.82, 2.24) is 4.90 Å². The van der Waals surface area contributed by atoms with Crippen LogP contribution < -0.4 is 0 Å². The van der Waals surface area contributed by atoms with E-state index in [0.717, 1.165) is 0 Å². The number of hydrogen-bond acceptors (Lipinski definition) is 4. The van der Waals surface area contributed by atoms with Crippen LogP contribution >= 0.6 is 0 Å². The molecule has 1 aliphatic heterocycles. The van der Waals surface area contributed by atoms with Crippen LogP contribution in [-0.2, 0) is 9.47 Å². The first kappa shape index (κ1) is 17.2. The molecular weight excluding hydrogens is 301 g/mol. The largest absolute Gasteiger partial charge is 0.457 e. The summed E-state index contributed by atoms with van der Waals surface area (Å²) < 4.78 is 23.9. The van der Waals surface area contributed by atoms with Crippen LogP contribution in [0.1, 0.15) is 43.1 Å². The summed E-state index contributed by atoms with van der Waals surface area (Å²) in [7, 11) is 0. The number of hydrogen-bond donors (Lipinski definition) is 0. The van der Waals surface area contributed by atoms with Gasteiger partial charge in [-0.25, -0.2) is 14.0 Å². The summed E-state index contributed by atoms with van der Waals surface area (Å²) in [6.45, 7) is 7.78. The first-order valence-corrected chi connectivity index (χ1v) is 7.61. The first-order valence-electron chi connectivity index (χ1n) is 7.61. The van der Waals surface area contributed by atoms with Crippen LogP contribution in [-0.4, -0.2) is 41.8 Å². The Labute approximate surface area is 135 Å². The summed E-state index contributed by atoms with van der Waals surface area (Å²) in [5, 5.41) is 0. The molecular formula is C17H22FNO4. The van der Waals surface area contributed by atoms with E-state index in [9.17, 15) is 14.0 Å². The van der Waals surface area contributed by atoms with Crippen molar-refractivity contribution >= 4 is 12.1 Å². The normalized spacial score (nSPS) is 18.0. The van der Waals surface area contributed by atoms with Gasteiger partial charge < -0.3 is 14.4 Å². The maximum atomic E-state index is 13.2. The Balaban J connectivity index is 1.91. The highest BCUT2D eigenvalue weighted by Gasteiger charge is 2.32. The lowest BCUT2D eigenvalue weighted by Crippen LogP contribution is -2.36. The number of likely N-dealkylation sites (tertiary alicyclic amines) is 1. The van der Waals surface area contributed by atoms with Gasteiger partial charge in [0.15, 0.2) is 0 Å². The molecule has 1 aromatic carbocycles. The molecule has 2 rings (SSSR count). The minimum atomic E-state index is -0.558. The third-order valence-corrected chi connectivity index (χ3v) is 3.46. The van der Waals surface area contributed by atoms with Crippen molar-refractivity contribution in [2.45, 2.75) is 45.8 Å². The summed E-state index contributed by atoms with van der Waals surface area (Å²) >= 11 is 0. The summed E-state index contributed by atoms with van der Waals surface area (Å²) in [4.78, 5) is 25.6. The number of nitrogens with zero attached hydrogens (tertiary/aromatic N) is 1. The van der Waals surface area contributed by atoms with E-state index in [-0.39, 0.29) is 11.9 Å². The molecule has 5 nitrogen and oxygen atoms in total. The molecule has 0 spiro atoms. The van der Waals surface area contributed by atoms with Crippen LogP contribution in [0.5, 0.6) is 0 Å². The van der Waals surface area contributed by atoms with Gasteiger partial charge in [0.25, 0.3) is 0 Å². The third-order valence-electron chi connectivity index (χ3n) is 3.46. The zero-order chi connectivity index (χ0) is 17.2. The first-order chi connectivity index (χ1) is 10.7. The van der Waals surface area contributed by atoms with E-state index in [1.807, 2.05) is 0 Å². The van der Waals surface area contributed by atoms with Crippen LogP contribution in [0.25, 0.3) is 0 Å². The second kappa shape index (κ2) is 6.56. The van der Waals surface area contributed by atoms with Crippen LogP contribution in [0, 0.1) is 12.7 Å². The highest BCUT2D eigenvalue weighted by Crippen LogP contribution is 2.19. The van der Waals surface area contributed by atoms with Gasteiger partial charge in [-0.05, 0) is 51.5 Å². The van der Waals surface area contributed by atoms with Crippen molar-refractivity contribution in [1.29, 1.82) is 0 Å². The van der Waals surface area contributed by atoms with Gasteiger partial charge in [-0.15, -0.1) is 0 Å². The van der Waals surface area contributed by atoms with Gasteiger partial charge in [0.2, 0.25) is 0 Å². The summed E-state index contributed by atoms with van der Waals surface area (Å²) in [6, 6.07) is 4.09. The van der Waals surface area contributed by atoms with Crippen molar-refractivity contribution in [3.63, 3.8) is 0 Å². The maximum absolute atomic E-state index is 13.2. The molecule has 1 fully saturated rings. The van der Waals surface area contributed by atoms with Crippen molar-refractivity contribution in [2.75, 3.05) is 13.1 Å². The number of aryl methyl sites for hydroxylation is 1. The predicted octanol–water partition coefficient (Wildman–Crippen LogP) is 3.30. The second-order valence-electron chi connectivity index (χ2n) is 6.71. The highest BCUT2D eigenvalue weighted by molar-refractivity contribution is 5.89. The zero-order valence-electron chi connectivity index (χ0n) is 13.9. The van der Waals surface area contributed by atoms with Crippen LogP contribution in [0.15, 0.2) is 18.2 Å². The Morgan fingerprint density at radius 1 is 1.30 bits per heavy atom. The fourth-order valence-electron chi connectivity index (χ4n) is 2.31. The Morgan fingerprint density at radius 2 is 2.00 bits per heavy atom. The molecule has 1 heterocycles. The number of rotatable bonds is 2. The average Bonchev–Trinajstić information content (AvgIpc) is 2.88. The van der Waals surface area contributed by atoms with E-state index in [1.165, 1.54) is 23.1 Å². The quantitative estimate of drug-likeness (QED) is 0.784. The molecule has 0 bridgehead atoms. The lowest BCUT2D eigenvalue weighted by molar-refractivity contribution is 0.0191. The van der Waals surface area contributed by atoms with E-state index in [0.29, 0.717) is 30.6 Å². The van der Waals surface area contributed by atoms with E-state index >= 15 is 0 Å². The van der Waals surface area contributed by atoms with Gasteiger partial charge in [-0.2, -0.15) is 0 Å². The molecule has 1 saturated heterocycles. The van der Waals surface area contributed by atoms with Crippen molar-refractivity contribution in [2.24, 2.45) is 0 Å².